The summed E-state index contributed by atoms with van der Waals surface area (Å²) in [6, 6.07) is 0. The molecule has 224 valence electrons. The fraction of sp³-hybridized carbons (Fsp3) is 0.882. The summed E-state index contributed by atoms with van der Waals surface area (Å²) in [5, 5.41) is 12.0. The Balaban J connectivity index is 2.07. The van der Waals surface area contributed by atoms with E-state index >= 15 is 0 Å². The summed E-state index contributed by atoms with van der Waals surface area (Å²) in [4.78, 5) is 0. The molecule has 39 heavy (non-hydrogen) atoms. The molecular weight excluding hydrogens is 513 g/mol. The second kappa shape index (κ2) is 11.4. The van der Waals surface area contributed by atoms with Gasteiger partial charge in [-0.3, -0.25) is 0 Å². The zero-order chi connectivity index (χ0) is 29.7. The summed E-state index contributed by atoms with van der Waals surface area (Å²) in [6.07, 6.45) is 10.9. The van der Waals surface area contributed by atoms with Crippen molar-refractivity contribution >= 4 is 16.6 Å². The van der Waals surface area contributed by atoms with Gasteiger partial charge in [0.2, 0.25) is 0 Å². The normalized spacial score (nSPS) is 33.9. The van der Waals surface area contributed by atoms with Crippen LogP contribution in [0, 0.1) is 41.4 Å². The Morgan fingerprint density at radius 2 is 1.49 bits per heavy atom. The quantitative estimate of drug-likeness (QED) is 0.178. The van der Waals surface area contributed by atoms with Crippen LogP contribution in [0.1, 0.15) is 107 Å². The first-order chi connectivity index (χ1) is 17.7. The maximum atomic E-state index is 11.7. The zero-order valence-corrected chi connectivity index (χ0v) is 29.7. The standard InChI is InChI=1S/C34H62O3Si2/c1-14-18-27-30-26(23-24-33(9,25-19-16-17-20-25)37-39(12,13)32(6,7)8)29(36-38(10,11)31(3,4)5)22-21-28(30)34(27,35)15-2/h15,25-30,35H,2,14,16-22H2,1,3-13H3/t26-,27?,28-,29+,30-,33-,34?/m1/s1. The Kier molecular flexibility index (Phi) is 9.65. The topological polar surface area (TPSA) is 38.7 Å². The van der Waals surface area contributed by atoms with E-state index in [2.05, 4.69) is 100.0 Å². The van der Waals surface area contributed by atoms with Crippen LogP contribution in [0.2, 0.25) is 36.3 Å². The van der Waals surface area contributed by atoms with Gasteiger partial charge in [0.25, 0.3) is 0 Å². The molecule has 5 heteroatoms. The smallest absolute Gasteiger partial charge is 0.194 e. The van der Waals surface area contributed by atoms with Gasteiger partial charge in [0.05, 0.1) is 11.7 Å². The van der Waals surface area contributed by atoms with Crippen molar-refractivity contribution in [3.8, 4) is 11.8 Å². The molecule has 0 saturated heterocycles. The molecule has 0 aromatic heterocycles. The Hall–Kier alpha value is -0.386. The highest BCUT2D eigenvalue weighted by Crippen LogP contribution is 2.61. The lowest BCUT2D eigenvalue weighted by Crippen LogP contribution is -2.67. The van der Waals surface area contributed by atoms with Gasteiger partial charge in [-0.25, -0.2) is 0 Å². The molecule has 0 bridgehead atoms. The lowest BCUT2D eigenvalue weighted by atomic mass is 9.45. The number of rotatable bonds is 8. The van der Waals surface area contributed by atoms with Crippen molar-refractivity contribution in [3.63, 3.8) is 0 Å². The molecule has 3 nitrogen and oxygen atoms in total. The van der Waals surface area contributed by atoms with Gasteiger partial charge in [0, 0.05) is 5.92 Å². The first-order valence-corrected chi connectivity index (χ1v) is 21.8. The van der Waals surface area contributed by atoms with Crippen molar-refractivity contribution in [2.45, 2.75) is 160 Å². The molecule has 7 atom stereocenters. The number of aliphatic hydroxyl groups is 1. The van der Waals surface area contributed by atoms with Crippen molar-refractivity contribution in [1.29, 1.82) is 0 Å². The molecule has 0 radical (unpaired) electrons. The SMILES string of the molecule is C=CC1(O)C(CCC)[C@H]2[C@H](C#C[C@@](C)(O[Si](C)(C)C(C)(C)C)C3CCCC3)[C@@H](O[Si](C)(C)C(C)(C)C)CC[C@H]21. The van der Waals surface area contributed by atoms with Gasteiger partial charge in [0.15, 0.2) is 16.6 Å². The van der Waals surface area contributed by atoms with E-state index in [0.29, 0.717) is 11.8 Å². The van der Waals surface area contributed by atoms with Crippen LogP contribution >= 0.6 is 0 Å². The number of hydrogen-bond donors (Lipinski definition) is 1. The van der Waals surface area contributed by atoms with Crippen molar-refractivity contribution in [1.82, 2.24) is 0 Å². The van der Waals surface area contributed by atoms with E-state index < -0.39 is 27.8 Å². The third kappa shape index (κ3) is 6.36. The van der Waals surface area contributed by atoms with Crippen LogP contribution < -0.4 is 0 Å². The molecule has 0 aromatic carbocycles. The van der Waals surface area contributed by atoms with E-state index in [1.54, 1.807) is 0 Å². The first kappa shape index (κ1) is 33.1. The average molecular weight is 575 g/mol. The maximum absolute atomic E-state index is 11.7. The molecular formula is C34H62O3Si2. The van der Waals surface area contributed by atoms with E-state index in [4.69, 9.17) is 8.85 Å². The highest BCUT2D eigenvalue weighted by atomic mass is 28.4. The van der Waals surface area contributed by atoms with Crippen LogP contribution in [-0.4, -0.2) is 39.0 Å². The van der Waals surface area contributed by atoms with E-state index in [1.807, 2.05) is 6.08 Å². The Morgan fingerprint density at radius 3 is 1.97 bits per heavy atom. The Labute approximate surface area is 244 Å². The summed E-state index contributed by atoms with van der Waals surface area (Å²) >= 11 is 0. The highest BCUT2D eigenvalue weighted by Gasteiger charge is 2.64. The molecule has 0 spiro atoms. The summed E-state index contributed by atoms with van der Waals surface area (Å²) in [5.41, 5.74) is -1.21. The molecule has 0 heterocycles. The molecule has 3 aliphatic carbocycles. The lowest BCUT2D eigenvalue weighted by molar-refractivity contribution is -0.208. The van der Waals surface area contributed by atoms with Crippen LogP contribution in [-0.2, 0) is 8.85 Å². The fourth-order valence-electron chi connectivity index (χ4n) is 7.26. The Morgan fingerprint density at radius 1 is 0.923 bits per heavy atom. The minimum absolute atomic E-state index is 0.120. The predicted molar refractivity (Wildman–Crippen MR) is 172 cm³/mol. The molecule has 3 aliphatic rings. The molecule has 3 rings (SSSR count). The van der Waals surface area contributed by atoms with Crippen LogP contribution in [0.25, 0.3) is 0 Å². The first-order valence-electron chi connectivity index (χ1n) is 16.0. The van der Waals surface area contributed by atoms with E-state index in [0.717, 1.165) is 25.7 Å². The summed E-state index contributed by atoms with van der Waals surface area (Å²) in [7, 11) is -4.01. The molecule has 0 aromatic rings. The van der Waals surface area contributed by atoms with Crippen molar-refractivity contribution < 1.29 is 14.0 Å². The van der Waals surface area contributed by atoms with Crippen molar-refractivity contribution in [3.05, 3.63) is 12.7 Å². The molecule has 3 saturated carbocycles. The number of hydrogen-bond acceptors (Lipinski definition) is 3. The monoisotopic (exact) mass is 574 g/mol. The van der Waals surface area contributed by atoms with Crippen molar-refractivity contribution in [2.24, 2.45) is 29.6 Å². The predicted octanol–water partition coefficient (Wildman–Crippen LogP) is 9.34. The van der Waals surface area contributed by atoms with Gasteiger partial charge in [0.1, 0.15) is 5.60 Å². The second-order valence-electron chi connectivity index (χ2n) is 16.4. The van der Waals surface area contributed by atoms with Crippen LogP contribution in [0.4, 0.5) is 0 Å². The molecule has 3 fully saturated rings. The molecule has 1 N–H and O–H groups in total. The minimum Gasteiger partial charge on any atom is -0.413 e. The molecule has 0 aliphatic heterocycles. The maximum Gasteiger partial charge on any atom is 0.194 e. The number of fused-ring (bicyclic) bond motifs is 1. The third-order valence-corrected chi connectivity index (χ3v) is 20.8. The third-order valence-electron chi connectivity index (χ3n) is 11.8. The lowest BCUT2D eigenvalue weighted by Gasteiger charge is -2.63. The summed E-state index contributed by atoms with van der Waals surface area (Å²) < 4.78 is 14.4. The van der Waals surface area contributed by atoms with E-state index in [9.17, 15) is 5.11 Å². The molecule has 0 amide bonds. The van der Waals surface area contributed by atoms with Crippen LogP contribution in [0.15, 0.2) is 12.7 Å². The van der Waals surface area contributed by atoms with Gasteiger partial charge >= 0.3 is 0 Å². The van der Waals surface area contributed by atoms with Gasteiger partial charge < -0.3 is 14.0 Å². The summed E-state index contributed by atoms with van der Waals surface area (Å²) in [5.74, 6) is 9.18. The van der Waals surface area contributed by atoms with Crippen LogP contribution in [0.3, 0.4) is 0 Å². The van der Waals surface area contributed by atoms with Gasteiger partial charge in [-0.2, -0.15) is 0 Å². The van der Waals surface area contributed by atoms with E-state index in [1.165, 1.54) is 25.7 Å². The average Bonchev–Trinajstić information content (AvgIpc) is 3.35. The minimum atomic E-state index is -2.03. The zero-order valence-electron chi connectivity index (χ0n) is 27.7. The van der Waals surface area contributed by atoms with Gasteiger partial charge in [-0.1, -0.05) is 85.6 Å². The van der Waals surface area contributed by atoms with Gasteiger partial charge in [-0.15, -0.1) is 6.58 Å². The highest BCUT2D eigenvalue weighted by molar-refractivity contribution is 6.74. The van der Waals surface area contributed by atoms with Gasteiger partial charge in [-0.05, 0) is 99.0 Å². The van der Waals surface area contributed by atoms with E-state index in [-0.39, 0.29) is 33.9 Å². The van der Waals surface area contributed by atoms with Crippen molar-refractivity contribution in [2.75, 3.05) is 0 Å². The second-order valence-corrected chi connectivity index (χ2v) is 25.9. The summed E-state index contributed by atoms with van der Waals surface area (Å²) in [6.45, 7) is 32.1. The Bertz CT molecular complexity index is 927. The largest absolute Gasteiger partial charge is 0.413 e. The molecule has 2 unspecified atom stereocenters. The fourth-order valence-corrected chi connectivity index (χ4v) is 10.2. The van der Waals surface area contributed by atoms with Crippen LogP contribution in [0.5, 0.6) is 0 Å².